The summed E-state index contributed by atoms with van der Waals surface area (Å²) in [5, 5.41) is 18.7. The first-order valence-electron chi connectivity index (χ1n) is 10.6. The summed E-state index contributed by atoms with van der Waals surface area (Å²) in [4.78, 5) is 40.4. The predicted molar refractivity (Wildman–Crippen MR) is 141 cm³/mol. The zero-order valence-corrected chi connectivity index (χ0v) is 20.6. The molecule has 0 aliphatic heterocycles. The van der Waals surface area contributed by atoms with Gasteiger partial charge in [-0.1, -0.05) is 6.07 Å². The topological polar surface area (TPSA) is 123 Å². The van der Waals surface area contributed by atoms with Gasteiger partial charge >= 0.3 is 0 Å². The smallest absolute Gasteiger partial charge is 0.269 e. The minimum atomic E-state index is -0.521. The van der Waals surface area contributed by atoms with Crippen LogP contribution in [0.3, 0.4) is 0 Å². The minimum absolute atomic E-state index is 0.0853. The minimum Gasteiger partial charge on any atom is -0.497 e. The summed E-state index contributed by atoms with van der Waals surface area (Å²) in [5.41, 5.74) is 2.46. The highest BCUT2D eigenvalue weighted by Crippen LogP contribution is 2.27. The molecule has 3 aromatic carbocycles. The summed E-state index contributed by atoms with van der Waals surface area (Å²) in [6, 6.07) is 20.0. The zero-order valence-electron chi connectivity index (χ0n) is 19.0. The Bertz CT molecular complexity index is 1390. The Morgan fingerprint density at radius 1 is 1.06 bits per heavy atom. The number of thioether (sulfide) groups is 1. The number of rotatable bonds is 9. The predicted octanol–water partition coefficient (Wildman–Crippen LogP) is 5.71. The van der Waals surface area contributed by atoms with Gasteiger partial charge in [-0.25, -0.2) is 4.98 Å². The fraction of sp³-hybridized carbons (Fsp3) is 0.0800. The maximum Gasteiger partial charge on any atom is 0.269 e. The van der Waals surface area contributed by atoms with E-state index in [9.17, 15) is 19.7 Å². The van der Waals surface area contributed by atoms with Gasteiger partial charge in [-0.15, -0.1) is 23.1 Å². The molecule has 0 radical (unpaired) electrons. The summed E-state index contributed by atoms with van der Waals surface area (Å²) in [7, 11) is 1.61. The SMILES string of the molecule is COc1ccc(-c2csc(NC(=O)CSc3cccc(NC(=O)c4ccc([N+](=O)[O-])cc4)c3)n2)cc1. The third-order valence-corrected chi connectivity index (χ3v) is 6.69. The number of thiazole rings is 1. The van der Waals surface area contributed by atoms with E-state index in [1.165, 1.54) is 47.4 Å². The van der Waals surface area contributed by atoms with E-state index in [4.69, 9.17) is 4.74 Å². The molecule has 0 aliphatic carbocycles. The van der Waals surface area contributed by atoms with Crippen molar-refractivity contribution in [1.29, 1.82) is 0 Å². The molecule has 1 heterocycles. The Hall–Kier alpha value is -4.22. The van der Waals surface area contributed by atoms with Crippen molar-refractivity contribution in [3.05, 3.63) is 93.9 Å². The number of nitrogens with zero attached hydrogens (tertiary/aromatic N) is 2. The third-order valence-electron chi connectivity index (χ3n) is 4.94. The van der Waals surface area contributed by atoms with Gasteiger partial charge in [0, 0.05) is 39.2 Å². The Morgan fingerprint density at radius 2 is 1.81 bits per heavy atom. The van der Waals surface area contributed by atoms with E-state index in [1.807, 2.05) is 35.7 Å². The van der Waals surface area contributed by atoms with E-state index in [0.29, 0.717) is 16.4 Å². The van der Waals surface area contributed by atoms with Crippen molar-refractivity contribution in [1.82, 2.24) is 4.98 Å². The second-order valence-electron chi connectivity index (χ2n) is 7.39. The van der Waals surface area contributed by atoms with Crippen molar-refractivity contribution in [3.8, 4) is 17.0 Å². The summed E-state index contributed by atoms with van der Waals surface area (Å²) < 4.78 is 5.17. The van der Waals surface area contributed by atoms with Gasteiger partial charge in [0.15, 0.2) is 5.13 Å². The quantitative estimate of drug-likeness (QED) is 0.165. The van der Waals surface area contributed by atoms with Crippen molar-refractivity contribution in [2.45, 2.75) is 4.90 Å². The Labute approximate surface area is 214 Å². The Kier molecular flexibility index (Phi) is 7.93. The maximum atomic E-state index is 12.4. The van der Waals surface area contributed by atoms with Crippen molar-refractivity contribution in [3.63, 3.8) is 0 Å². The van der Waals surface area contributed by atoms with E-state index in [2.05, 4.69) is 15.6 Å². The van der Waals surface area contributed by atoms with Gasteiger partial charge in [0.1, 0.15) is 5.75 Å². The number of ether oxygens (including phenoxy) is 1. The number of aromatic nitrogens is 1. The normalized spacial score (nSPS) is 10.5. The molecule has 0 saturated heterocycles. The lowest BCUT2D eigenvalue weighted by atomic mass is 10.2. The molecule has 4 aromatic rings. The van der Waals surface area contributed by atoms with Crippen molar-refractivity contribution >= 4 is 51.4 Å². The molecule has 0 bridgehead atoms. The lowest BCUT2D eigenvalue weighted by Gasteiger charge is -2.08. The molecule has 11 heteroatoms. The summed E-state index contributed by atoms with van der Waals surface area (Å²) in [5.74, 6) is 0.337. The Balaban J connectivity index is 1.30. The summed E-state index contributed by atoms with van der Waals surface area (Å²) >= 11 is 2.67. The second-order valence-corrected chi connectivity index (χ2v) is 9.30. The van der Waals surface area contributed by atoms with Gasteiger partial charge in [-0.05, 0) is 54.6 Å². The molecule has 2 N–H and O–H groups in total. The molecule has 9 nitrogen and oxygen atoms in total. The molecule has 2 amide bonds. The van der Waals surface area contributed by atoms with E-state index < -0.39 is 4.92 Å². The largest absolute Gasteiger partial charge is 0.497 e. The average molecular weight is 521 g/mol. The number of nitrogens with one attached hydrogen (secondary N) is 2. The number of amides is 2. The fourth-order valence-electron chi connectivity index (χ4n) is 3.13. The number of hydrogen-bond acceptors (Lipinski definition) is 8. The molecule has 0 saturated carbocycles. The highest BCUT2D eigenvalue weighted by atomic mass is 32.2. The number of hydrogen-bond donors (Lipinski definition) is 2. The molecular weight excluding hydrogens is 500 g/mol. The van der Waals surface area contributed by atoms with Crippen LogP contribution in [0.1, 0.15) is 10.4 Å². The first kappa shape index (κ1) is 24.9. The summed E-state index contributed by atoms with van der Waals surface area (Å²) in [6.45, 7) is 0. The average Bonchev–Trinajstić information content (AvgIpc) is 3.36. The molecular formula is C25H20N4O5S2. The third kappa shape index (κ3) is 6.46. The number of non-ortho nitro benzene ring substituents is 1. The van der Waals surface area contributed by atoms with Crippen molar-refractivity contribution < 1.29 is 19.2 Å². The van der Waals surface area contributed by atoms with Gasteiger partial charge in [0.05, 0.1) is 23.5 Å². The molecule has 182 valence electrons. The van der Waals surface area contributed by atoms with E-state index in [1.54, 1.807) is 25.3 Å². The van der Waals surface area contributed by atoms with Gasteiger partial charge < -0.3 is 15.4 Å². The van der Waals surface area contributed by atoms with Crippen LogP contribution < -0.4 is 15.4 Å². The standard InChI is InChI=1S/C25H20N4O5S2/c1-34-20-11-7-16(8-12-20)22-14-36-25(27-22)28-23(30)15-35-21-4-2-3-18(13-21)26-24(31)17-5-9-19(10-6-17)29(32)33/h2-14H,15H2,1H3,(H,26,31)(H,27,28,30). The second kappa shape index (κ2) is 11.5. The van der Waals surface area contributed by atoms with E-state index in [0.717, 1.165) is 21.9 Å². The van der Waals surface area contributed by atoms with Crippen LogP contribution in [0.4, 0.5) is 16.5 Å². The van der Waals surface area contributed by atoms with Crippen LogP contribution in [-0.2, 0) is 4.79 Å². The molecule has 0 unspecified atom stereocenters. The molecule has 36 heavy (non-hydrogen) atoms. The van der Waals surface area contributed by atoms with Gasteiger partial charge in [0.25, 0.3) is 11.6 Å². The number of nitro groups is 1. The zero-order chi connectivity index (χ0) is 25.5. The van der Waals surface area contributed by atoms with Crippen LogP contribution in [-0.4, -0.2) is 34.6 Å². The maximum absolute atomic E-state index is 12.4. The van der Waals surface area contributed by atoms with E-state index >= 15 is 0 Å². The lowest BCUT2D eigenvalue weighted by Crippen LogP contribution is -2.14. The molecule has 0 aliphatic rings. The number of anilines is 2. The van der Waals surface area contributed by atoms with Crippen LogP contribution in [0.25, 0.3) is 11.3 Å². The lowest BCUT2D eigenvalue weighted by molar-refractivity contribution is -0.384. The fourth-order valence-corrected chi connectivity index (χ4v) is 4.62. The number of carbonyl (C=O) groups excluding carboxylic acids is 2. The van der Waals surface area contributed by atoms with Gasteiger partial charge in [-0.2, -0.15) is 0 Å². The first-order valence-corrected chi connectivity index (χ1v) is 12.5. The number of nitro benzene ring substituents is 1. The molecule has 0 spiro atoms. The van der Waals surface area contributed by atoms with Crippen LogP contribution in [0.2, 0.25) is 0 Å². The number of benzene rings is 3. The van der Waals surface area contributed by atoms with Crippen LogP contribution in [0.5, 0.6) is 5.75 Å². The first-order chi connectivity index (χ1) is 17.4. The Morgan fingerprint density at radius 3 is 2.50 bits per heavy atom. The number of methoxy groups -OCH3 is 1. The van der Waals surface area contributed by atoms with Crippen molar-refractivity contribution in [2.75, 3.05) is 23.5 Å². The molecule has 1 aromatic heterocycles. The highest BCUT2D eigenvalue weighted by Gasteiger charge is 2.12. The van der Waals surface area contributed by atoms with Crippen LogP contribution in [0, 0.1) is 10.1 Å². The van der Waals surface area contributed by atoms with Gasteiger partial charge in [0.2, 0.25) is 5.91 Å². The van der Waals surface area contributed by atoms with E-state index in [-0.39, 0.29) is 23.3 Å². The van der Waals surface area contributed by atoms with Gasteiger partial charge in [-0.3, -0.25) is 19.7 Å². The van der Waals surface area contributed by atoms with Crippen LogP contribution >= 0.6 is 23.1 Å². The summed E-state index contributed by atoms with van der Waals surface area (Å²) in [6.07, 6.45) is 0. The monoisotopic (exact) mass is 520 g/mol. The van der Waals surface area contributed by atoms with Crippen molar-refractivity contribution in [2.24, 2.45) is 0 Å². The number of carbonyl (C=O) groups is 2. The molecule has 0 fully saturated rings. The molecule has 0 atom stereocenters. The molecule has 4 rings (SSSR count). The highest BCUT2D eigenvalue weighted by molar-refractivity contribution is 8.00. The van der Waals surface area contributed by atoms with Crippen LogP contribution in [0.15, 0.2) is 83.1 Å².